The van der Waals surface area contributed by atoms with Gasteiger partial charge in [-0.15, -0.1) is 0 Å². The van der Waals surface area contributed by atoms with E-state index in [2.05, 4.69) is 23.0 Å². The van der Waals surface area contributed by atoms with Crippen molar-refractivity contribution in [2.45, 2.75) is 19.1 Å². The number of hydrogen-bond donors (Lipinski definition) is 2. The van der Waals surface area contributed by atoms with Gasteiger partial charge in [-0.25, -0.2) is 0 Å². The summed E-state index contributed by atoms with van der Waals surface area (Å²) in [5, 5.41) is 0. The second-order valence-corrected chi connectivity index (χ2v) is 6.48. The van der Waals surface area contributed by atoms with Crippen LogP contribution in [0.4, 0.5) is 0 Å². The highest BCUT2D eigenvalue weighted by Gasteiger charge is 2.07. The van der Waals surface area contributed by atoms with Gasteiger partial charge in [-0.2, -0.15) is 0 Å². The van der Waals surface area contributed by atoms with Crippen molar-refractivity contribution < 1.29 is 4.79 Å². The summed E-state index contributed by atoms with van der Waals surface area (Å²) < 4.78 is 0.644. The third kappa shape index (κ3) is 5.50. The maximum Gasteiger partial charge on any atom is 0.183 e. The van der Waals surface area contributed by atoms with E-state index in [9.17, 15) is 4.79 Å². The number of carbonyl (C=O) groups excluding carboxylic acids is 1. The number of rotatable bonds is 6. The first-order chi connectivity index (χ1) is 10.6. The molecule has 0 atom stereocenters. The third-order valence-electron chi connectivity index (χ3n) is 3.01. The molecule has 0 spiro atoms. The lowest BCUT2D eigenvalue weighted by Gasteiger charge is -2.10. The molecular formula is C17H18N2OS2. The Morgan fingerprint density at radius 3 is 2.77 bits per heavy atom. The van der Waals surface area contributed by atoms with Crippen molar-refractivity contribution in [3.8, 4) is 0 Å². The largest absolute Gasteiger partial charge is 0.304 e. The van der Waals surface area contributed by atoms with Gasteiger partial charge < -0.3 is 5.43 Å². The smallest absolute Gasteiger partial charge is 0.183 e. The first kappa shape index (κ1) is 16.5. The van der Waals surface area contributed by atoms with Crippen molar-refractivity contribution >= 4 is 34.1 Å². The predicted octanol–water partition coefficient (Wildman–Crippen LogP) is 3.66. The Balaban J connectivity index is 1.72. The molecule has 1 aromatic rings. The fourth-order valence-corrected chi connectivity index (χ4v) is 2.71. The molecule has 0 radical (unpaired) electrons. The Labute approximate surface area is 140 Å². The van der Waals surface area contributed by atoms with Crippen LogP contribution in [0.5, 0.6) is 0 Å². The number of hydrogen-bond acceptors (Lipinski definition) is 4. The maximum atomic E-state index is 11.9. The Bertz CT molecular complexity index is 633. The maximum absolute atomic E-state index is 11.9. The van der Waals surface area contributed by atoms with E-state index in [1.807, 2.05) is 43.4 Å². The quantitative estimate of drug-likeness (QED) is 0.473. The minimum Gasteiger partial charge on any atom is -0.304 e. The van der Waals surface area contributed by atoms with Crippen LogP contribution in [0.2, 0.25) is 0 Å². The molecule has 0 fully saturated rings. The number of allylic oxidation sites excluding steroid dienone is 6. The number of hydrazine groups is 1. The average Bonchev–Trinajstić information content (AvgIpc) is 3.06. The van der Waals surface area contributed by atoms with Gasteiger partial charge in [-0.05, 0) is 18.9 Å². The molecule has 0 aliphatic heterocycles. The number of benzene rings is 1. The Morgan fingerprint density at radius 1 is 1.32 bits per heavy atom. The second-order valence-electron chi connectivity index (χ2n) is 4.83. The van der Waals surface area contributed by atoms with E-state index in [1.54, 1.807) is 17.8 Å². The van der Waals surface area contributed by atoms with Gasteiger partial charge >= 0.3 is 0 Å². The van der Waals surface area contributed by atoms with Gasteiger partial charge in [-0.1, -0.05) is 72.5 Å². The van der Waals surface area contributed by atoms with Crippen LogP contribution in [0, 0.1) is 0 Å². The van der Waals surface area contributed by atoms with E-state index in [-0.39, 0.29) is 5.78 Å². The Kier molecular flexibility index (Phi) is 6.43. The molecule has 3 nitrogen and oxygen atoms in total. The van der Waals surface area contributed by atoms with Crippen LogP contribution in [0.15, 0.2) is 65.9 Å². The van der Waals surface area contributed by atoms with Gasteiger partial charge in [0.1, 0.15) is 0 Å². The molecule has 0 amide bonds. The molecule has 0 saturated carbocycles. The van der Waals surface area contributed by atoms with Crippen LogP contribution in [0.25, 0.3) is 0 Å². The van der Waals surface area contributed by atoms with Crippen molar-refractivity contribution in [1.29, 1.82) is 0 Å². The molecular weight excluding hydrogens is 312 g/mol. The highest BCUT2D eigenvalue weighted by Crippen LogP contribution is 2.13. The number of nitrogens with one attached hydrogen (secondary N) is 2. The van der Waals surface area contributed by atoms with E-state index < -0.39 is 0 Å². The van der Waals surface area contributed by atoms with Gasteiger partial charge in [0.25, 0.3) is 0 Å². The van der Waals surface area contributed by atoms with Crippen molar-refractivity contribution in [1.82, 2.24) is 10.9 Å². The normalized spacial score (nSPS) is 13.7. The Hall–Kier alpha value is -1.85. The molecule has 1 aliphatic rings. The Morgan fingerprint density at radius 2 is 2.09 bits per heavy atom. The van der Waals surface area contributed by atoms with E-state index in [0.29, 0.717) is 10.7 Å². The standard InChI is InChI=1S/C17H18N2OS2/c1-13(11-16(20)15-9-5-6-10-15)18-19-17(21)22-12-14-7-3-2-4-8-14/h2-9,11,18H,10,12H2,1H3,(H,19,21)/b13-11+. The molecule has 0 unspecified atom stereocenters. The average molecular weight is 330 g/mol. The number of carbonyl (C=O) groups is 1. The summed E-state index contributed by atoms with van der Waals surface area (Å²) in [6.45, 7) is 1.83. The topological polar surface area (TPSA) is 41.1 Å². The summed E-state index contributed by atoms with van der Waals surface area (Å²) >= 11 is 6.79. The minimum atomic E-state index is 0.0275. The molecule has 5 heteroatoms. The molecule has 1 aromatic carbocycles. The summed E-state index contributed by atoms with van der Waals surface area (Å²) in [6.07, 6.45) is 8.01. The summed E-state index contributed by atoms with van der Waals surface area (Å²) in [7, 11) is 0. The van der Waals surface area contributed by atoms with Gasteiger partial charge in [-0.3, -0.25) is 10.2 Å². The summed E-state index contributed by atoms with van der Waals surface area (Å²) in [5.41, 5.74) is 8.66. The van der Waals surface area contributed by atoms with Crippen molar-refractivity contribution in [2.24, 2.45) is 0 Å². The highest BCUT2D eigenvalue weighted by molar-refractivity contribution is 8.22. The van der Waals surface area contributed by atoms with Crippen LogP contribution < -0.4 is 10.9 Å². The molecule has 0 saturated heterocycles. The molecule has 2 N–H and O–H groups in total. The zero-order valence-electron chi connectivity index (χ0n) is 12.3. The van der Waals surface area contributed by atoms with Crippen molar-refractivity contribution in [3.63, 3.8) is 0 Å². The molecule has 1 aliphatic carbocycles. The lowest BCUT2D eigenvalue weighted by molar-refractivity contribution is -0.111. The minimum absolute atomic E-state index is 0.0275. The SMILES string of the molecule is C/C(=C\C(=O)C1=CC=CC1)NNC(=S)SCc1ccccc1. The van der Waals surface area contributed by atoms with Crippen LogP contribution in [0.3, 0.4) is 0 Å². The molecule has 0 aromatic heterocycles. The second kappa shape index (κ2) is 8.56. The van der Waals surface area contributed by atoms with E-state index in [0.717, 1.165) is 17.0 Å². The van der Waals surface area contributed by atoms with Crippen LogP contribution >= 0.6 is 24.0 Å². The van der Waals surface area contributed by atoms with Crippen LogP contribution in [-0.4, -0.2) is 10.1 Å². The molecule has 22 heavy (non-hydrogen) atoms. The van der Waals surface area contributed by atoms with Gasteiger partial charge in [0.2, 0.25) is 0 Å². The first-order valence-electron chi connectivity index (χ1n) is 6.96. The molecule has 2 rings (SSSR count). The first-order valence-corrected chi connectivity index (χ1v) is 8.35. The molecule has 0 bridgehead atoms. The monoisotopic (exact) mass is 330 g/mol. The van der Waals surface area contributed by atoms with Gasteiger partial charge in [0.15, 0.2) is 10.1 Å². The van der Waals surface area contributed by atoms with E-state index in [1.165, 1.54) is 5.56 Å². The molecule has 114 valence electrons. The van der Waals surface area contributed by atoms with E-state index >= 15 is 0 Å². The van der Waals surface area contributed by atoms with Crippen LogP contribution in [-0.2, 0) is 10.5 Å². The zero-order chi connectivity index (χ0) is 15.8. The lowest BCUT2D eigenvalue weighted by Crippen LogP contribution is -2.33. The van der Waals surface area contributed by atoms with Crippen molar-refractivity contribution in [2.75, 3.05) is 0 Å². The number of ketones is 1. The fraction of sp³-hybridized carbons (Fsp3) is 0.176. The predicted molar refractivity (Wildman–Crippen MR) is 97.2 cm³/mol. The van der Waals surface area contributed by atoms with Crippen molar-refractivity contribution in [3.05, 3.63) is 71.5 Å². The molecule has 0 heterocycles. The van der Waals surface area contributed by atoms with Crippen LogP contribution in [0.1, 0.15) is 18.9 Å². The van der Waals surface area contributed by atoms with E-state index in [4.69, 9.17) is 12.2 Å². The van der Waals surface area contributed by atoms with Gasteiger partial charge in [0.05, 0.1) is 0 Å². The summed E-state index contributed by atoms with van der Waals surface area (Å²) in [6, 6.07) is 10.1. The summed E-state index contributed by atoms with van der Waals surface area (Å²) in [5.74, 6) is 0.842. The zero-order valence-corrected chi connectivity index (χ0v) is 14.0. The summed E-state index contributed by atoms with van der Waals surface area (Å²) in [4.78, 5) is 11.9. The number of thiocarbonyl (C=S) groups is 1. The fourth-order valence-electron chi connectivity index (χ4n) is 1.86. The third-order valence-corrected chi connectivity index (χ3v) is 4.31. The number of thioether (sulfide) groups is 1. The highest BCUT2D eigenvalue weighted by atomic mass is 32.2. The lowest BCUT2D eigenvalue weighted by atomic mass is 10.1. The van der Waals surface area contributed by atoms with Gasteiger partial charge in [0, 0.05) is 23.1 Å².